The summed E-state index contributed by atoms with van der Waals surface area (Å²) in [5.41, 5.74) is 3.90. The molecule has 0 aliphatic heterocycles. The van der Waals surface area contributed by atoms with Crippen LogP contribution in [0.25, 0.3) is 0 Å². The van der Waals surface area contributed by atoms with Crippen LogP contribution in [0.2, 0.25) is 0 Å². The van der Waals surface area contributed by atoms with Gasteiger partial charge in [-0.25, -0.2) is 9.82 Å². The molecule has 88 valence electrons. The maximum Gasteiger partial charge on any atom is 0.141 e. The van der Waals surface area contributed by atoms with Gasteiger partial charge in [-0.1, -0.05) is 0 Å². The Balaban J connectivity index is 2.44. The number of nitrogens with one attached hydrogen (secondary N) is 1. The van der Waals surface area contributed by atoms with Gasteiger partial charge in [-0.2, -0.15) is 0 Å². The molecule has 2 aromatic heterocycles. The van der Waals surface area contributed by atoms with E-state index in [4.69, 9.17) is 5.84 Å². The van der Waals surface area contributed by atoms with Crippen LogP contribution in [0.15, 0.2) is 41.3 Å². The molecule has 0 aliphatic rings. The third kappa shape index (κ3) is 2.66. The Labute approximate surface area is 106 Å². The topological polar surface area (TPSA) is 63.8 Å². The summed E-state index contributed by atoms with van der Waals surface area (Å²) in [6.07, 6.45) is 4.34. The quantitative estimate of drug-likeness (QED) is 0.671. The van der Waals surface area contributed by atoms with E-state index in [1.54, 1.807) is 18.5 Å². The van der Waals surface area contributed by atoms with E-state index in [2.05, 4.69) is 31.3 Å². The molecule has 0 saturated heterocycles. The second-order valence-electron chi connectivity index (χ2n) is 3.41. The first kappa shape index (κ1) is 12.1. The second kappa shape index (κ2) is 5.31. The predicted molar refractivity (Wildman–Crippen MR) is 65.3 cm³/mol. The Morgan fingerprint density at radius 1 is 1.41 bits per heavy atom. The van der Waals surface area contributed by atoms with Crippen molar-refractivity contribution in [1.29, 1.82) is 0 Å². The summed E-state index contributed by atoms with van der Waals surface area (Å²) in [6.45, 7) is 0. The molecule has 0 aromatic carbocycles. The van der Waals surface area contributed by atoms with Gasteiger partial charge in [0, 0.05) is 16.9 Å². The highest BCUT2D eigenvalue weighted by molar-refractivity contribution is 9.10. The third-order valence-corrected chi connectivity index (χ3v) is 2.96. The second-order valence-corrected chi connectivity index (χ2v) is 4.26. The van der Waals surface area contributed by atoms with Crippen LogP contribution in [0, 0.1) is 5.82 Å². The number of nitrogens with zero attached hydrogens (tertiary/aromatic N) is 2. The van der Waals surface area contributed by atoms with Gasteiger partial charge in [0.15, 0.2) is 0 Å². The number of hydrazine groups is 1. The van der Waals surface area contributed by atoms with E-state index < -0.39 is 11.9 Å². The van der Waals surface area contributed by atoms with Crippen molar-refractivity contribution in [2.24, 2.45) is 5.84 Å². The van der Waals surface area contributed by atoms with Gasteiger partial charge in [0.1, 0.15) is 5.82 Å². The van der Waals surface area contributed by atoms with Gasteiger partial charge >= 0.3 is 0 Å². The summed E-state index contributed by atoms with van der Waals surface area (Å²) in [5, 5.41) is 0. The summed E-state index contributed by atoms with van der Waals surface area (Å²) in [7, 11) is 0. The van der Waals surface area contributed by atoms with E-state index in [1.807, 2.05) is 6.07 Å². The Morgan fingerprint density at radius 3 is 2.88 bits per heavy atom. The van der Waals surface area contributed by atoms with Crippen molar-refractivity contribution in [3.8, 4) is 0 Å². The van der Waals surface area contributed by atoms with Crippen molar-refractivity contribution < 1.29 is 4.39 Å². The molecular formula is C11H10BrFN4. The Hall–Kier alpha value is -1.37. The summed E-state index contributed by atoms with van der Waals surface area (Å²) in [6, 6.07) is 4.61. The Bertz CT molecular complexity index is 520. The van der Waals surface area contributed by atoms with Gasteiger partial charge in [-0.15, -0.1) is 0 Å². The van der Waals surface area contributed by atoms with Crippen LogP contribution < -0.4 is 11.3 Å². The first-order valence-electron chi connectivity index (χ1n) is 4.89. The molecule has 0 amide bonds. The highest BCUT2D eigenvalue weighted by Gasteiger charge is 2.17. The number of halogens is 2. The van der Waals surface area contributed by atoms with Gasteiger partial charge in [-0.3, -0.25) is 15.8 Å². The van der Waals surface area contributed by atoms with Crippen LogP contribution in [-0.2, 0) is 0 Å². The zero-order valence-electron chi connectivity index (χ0n) is 8.77. The van der Waals surface area contributed by atoms with Crippen molar-refractivity contribution >= 4 is 15.9 Å². The molecule has 1 unspecified atom stereocenters. The minimum atomic E-state index is -0.409. The molecule has 6 heteroatoms. The lowest BCUT2D eigenvalue weighted by atomic mass is 10.1. The largest absolute Gasteiger partial charge is 0.271 e. The van der Waals surface area contributed by atoms with Crippen molar-refractivity contribution in [2.75, 3.05) is 0 Å². The van der Waals surface area contributed by atoms with Crippen molar-refractivity contribution in [3.05, 3.63) is 58.3 Å². The Kier molecular flexibility index (Phi) is 3.78. The molecule has 0 bridgehead atoms. The molecule has 3 N–H and O–H groups in total. The lowest BCUT2D eigenvalue weighted by Gasteiger charge is -2.16. The molecule has 1 atom stereocenters. The molecule has 0 radical (unpaired) electrons. The van der Waals surface area contributed by atoms with E-state index in [0.717, 1.165) is 10.7 Å². The van der Waals surface area contributed by atoms with Crippen LogP contribution in [0.1, 0.15) is 17.3 Å². The summed E-state index contributed by atoms with van der Waals surface area (Å²) in [5.74, 6) is 5.09. The van der Waals surface area contributed by atoms with Gasteiger partial charge < -0.3 is 0 Å². The molecule has 2 aromatic rings. The maximum absolute atomic E-state index is 13.1. The number of rotatable bonds is 3. The van der Waals surface area contributed by atoms with Gasteiger partial charge in [0.05, 0.1) is 17.9 Å². The number of pyridine rings is 2. The molecule has 0 spiro atoms. The number of hydrogen-bond donors (Lipinski definition) is 2. The van der Waals surface area contributed by atoms with Crippen LogP contribution >= 0.6 is 15.9 Å². The average Bonchev–Trinajstić information content (AvgIpc) is 2.33. The van der Waals surface area contributed by atoms with Crippen molar-refractivity contribution in [1.82, 2.24) is 15.4 Å². The monoisotopic (exact) mass is 296 g/mol. The lowest BCUT2D eigenvalue weighted by molar-refractivity contribution is 0.590. The Morgan fingerprint density at radius 2 is 2.24 bits per heavy atom. The van der Waals surface area contributed by atoms with E-state index in [0.29, 0.717) is 11.3 Å². The fourth-order valence-electron chi connectivity index (χ4n) is 1.53. The van der Waals surface area contributed by atoms with Crippen LogP contribution in [0.5, 0.6) is 0 Å². The van der Waals surface area contributed by atoms with E-state index in [1.165, 1.54) is 6.07 Å². The number of nitrogens with two attached hydrogens (primary N) is 1. The maximum atomic E-state index is 13.1. The van der Waals surface area contributed by atoms with Gasteiger partial charge in [0.25, 0.3) is 0 Å². The van der Waals surface area contributed by atoms with Gasteiger partial charge in [0.2, 0.25) is 0 Å². The molecule has 4 nitrogen and oxygen atoms in total. The van der Waals surface area contributed by atoms with Crippen LogP contribution in [-0.4, -0.2) is 9.97 Å². The molecule has 0 fully saturated rings. The highest BCUT2D eigenvalue weighted by Crippen LogP contribution is 2.25. The molecule has 0 saturated carbocycles. The summed E-state index contributed by atoms with van der Waals surface area (Å²) < 4.78 is 13.9. The van der Waals surface area contributed by atoms with E-state index in [9.17, 15) is 4.39 Å². The zero-order chi connectivity index (χ0) is 12.3. The van der Waals surface area contributed by atoms with E-state index in [-0.39, 0.29) is 0 Å². The van der Waals surface area contributed by atoms with Gasteiger partial charge in [-0.05, 0) is 39.7 Å². The number of aromatic nitrogens is 2. The highest BCUT2D eigenvalue weighted by atomic mass is 79.9. The first-order valence-corrected chi connectivity index (χ1v) is 5.68. The standard InChI is InChI=1S/C11H10BrFN4/c12-9-2-1-3-16-11(9)10(17-14)7-4-8(13)6-15-5-7/h1-6,10,17H,14H2. The minimum absolute atomic E-state index is 0.408. The average molecular weight is 297 g/mol. The summed E-state index contributed by atoms with van der Waals surface area (Å²) >= 11 is 3.38. The van der Waals surface area contributed by atoms with Crippen LogP contribution in [0.4, 0.5) is 4.39 Å². The lowest BCUT2D eigenvalue weighted by Crippen LogP contribution is -2.30. The smallest absolute Gasteiger partial charge is 0.141 e. The summed E-state index contributed by atoms with van der Waals surface area (Å²) in [4.78, 5) is 8.01. The molecule has 2 rings (SSSR count). The zero-order valence-corrected chi connectivity index (χ0v) is 10.4. The fourth-order valence-corrected chi connectivity index (χ4v) is 2.01. The minimum Gasteiger partial charge on any atom is -0.271 e. The predicted octanol–water partition coefficient (Wildman–Crippen LogP) is 1.93. The third-order valence-electron chi connectivity index (χ3n) is 2.29. The normalized spacial score (nSPS) is 12.4. The number of hydrogen-bond acceptors (Lipinski definition) is 4. The SMILES string of the molecule is NNC(c1cncc(F)c1)c1ncccc1Br. The van der Waals surface area contributed by atoms with Crippen LogP contribution in [0.3, 0.4) is 0 Å². The van der Waals surface area contributed by atoms with E-state index >= 15 is 0 Å². The van der Waals surface area contributed by atoms with Crippen molar-refractivity contribution in [2.45, 2.75) is 6.04 Å². The molecule has 17 heavy (non-hydrogen) atoms. The molecular weight excluding hydrogens is 287 g/mol. The fraction of sp³-hybridized carbons (Fsp3) is 0.0909. The first-order chi connectivity index (χ1) is 8.22. The molecule has 0 aliphatic carbocycles. The van der Waals surface area contributed by atoms with Crippen molar-refractivity contribution in [3.63, 3.8) is 0 Å². The molecule has 2 heterocycles.